The quantitative estimate of drug-likeness (QED) is 0.761. The van der Waals surface area contributed by atoms with Gasteiger partial charge in [-0.1, -0.05) is 18.2 Å². The molecule has 3 rings (SSSR count). The highest BCUT2D eigenvalue weighted by Crippen LogP contribution is 2.42. The number of rotatable bonds is 2. The molecule has 21 heavy (non-hydrogen) atoms. The van der Waals surface area contributed by atoms with Gasteiger partial charge in [-0.3, -0.25) is 4.79 Å². The second-order valence-corrected chi connectivity index (χ2v) is 4.78. The first-order chi connectivity index (χ1) is 10.1. The Morgan fingerprint density at radius 2 is 2.05 bits per heavy atom. The fourth-order valence-corrected chi connectivity index (χ4v) is 2.63. The van der Waals surface area contributed by atoms with Crippen molar-refractivity contribution in [2.75, 3.05) is 23.9 Å². The second kappa shape index (κ2) is 4.93. The minimum atomic E-state index is -0.259. The van der Waals surface area contributed by atoms with Crippen molar-refractivity contribution in [2.24, 2.45) is 0 Å². The molecule has 108 valence electrons. The van der Waals surface area contributed by atoms with Crippen LogP contribution in [0.5, 0.6) is 5.75 Å². The molecule has 1 aromatic carbocycles. The Labute approximate surface area is 121 Å². The number of carbonyl (C=O) groups excluding carboxylic acids is 1. The maximum absolute atomic E-state index is 11.9. The molecule has 0 fully saturated rings. The molecule has 0 saturated carbocycles. The van der Waals surface area contributed by atoms with Crippen LogP contribution in [0.15, 0.2) is 24.3 Å². The first kappa shape index (κ1) is 13.2. The van der Waals surface area contributed by atoms with Gasteiger partial charge in [0, 0.05) is 23.5 Å². The number of para-hydroxylation sites is 1. The molecule has 5 N–H and O–H groups in total. The summed E-state index contributed by atoms with van der Waals surface area (Å²) in [4.78, 5) is 20.0. The predicted octanol–water partition coefficient (Wildman–Crippen LogP) is 1.12. The van der Waals surface area contributed by atoms with Gasteiger partial charge in [-0.15, -0.1) is 0 Å². The van der Waals surface area contributed by atoms with Crippen LogP contribution in [-0.2, 0) is 4.79 Å². The zero-order chi connectivity index (χ0) is 15.0. The highest BCUT2D eigenvalue weighted by atomic mass is 16.5. The highest BCUT2D eigenvalue weighted by molar-refractivity contribution is 5.95. The first-order valence-electron chi connectivity index (χ1n) is 6.45. The largest absolute Gasteiger partial charge is 0.496 e. The average molecular weight is 285 g/mol. The molecule has 1 aliphatic rings. The molecule has 0 aliphatic carbocycles. The number of nitrogens with one attached hydrogen (secondary N) is 1. The maximum atomic E-state index is 11.9. The maximum Gasteiger partial charge on any atom is 0.226 e. The van der Waals surface area contributed by atoms with E-state index in [-0.39, 0.29) is 30.0 Å². The van der Waals surface area contributed by atoms with E-state index in [1.165, 1.54) is 0 Å². The van der Waals surface area contributed by atoms with E-state index in [0.29, 0.717) is 17.1 Å². The van der Waals surface area contributed by atoms with Gasteiger partial charge in [-0.2, -0.15) is 9.97 Å². The predicted molar refractivity (Wildman–Crippen MR) is 78.9 cm³/mol. The van der Waals surface area contributed by atoms with Crippen LogP contribution in [0.25, 0.3) is 0 Å². The van der Waals surface area contributed by atoms with Crippen LogP contribution in [0.3, 0.4) is 0 Å². The van der Waals surface area contributed by atoms with Crippen molar-refractivity contribution in [3.05, 3.63) is 35.4 Å². The Bertz CT molecular complexity index is 717. The van der Waals surface area contributed by atoms with Gasteiger partial charge in [-0.05, 0) is 6.07 Å². The number of methoxy groups -OCH3 is 1. The lowest BCUT2D eigenvalue weighted by Gasteiger charge is -2.27. The van der Waals surface area contributed by atoms with E-state index in [9.17, 15) is 4.79 Å². The van der Waals surface area contributed by atoms with Crippen LogP contribution in [0, 0.1) is 0 Å². The van der Waals surface area contributed by atoms with Crippen molar-refractivity contribution in [3.8, 4) is 5.75 Å². The zero-order valence-electron chi connectivity index (χ0n) is 11.5. The zero-order valence-corrected chi connectivity index (χ0v) is 11.5. The van der Waals surface area contributed by atoms with Crippen LogP contribution in [0.1, 0.15) is 23.5 Å². The summed E-state index contributed by atoms with van der Waals surface area (Å²) in [6, 6.07) is 7.50. The second-order valence-electron chi connectivity index (χ2n) is 4.78. The molecule has 1 atom stereocenters. The number of nitrogens with two attached hydrogens (primary N) is 2. The number of anilines is 3. The monoisotopic (exact) mass is 285 g/mol. The topological polar surface area (TPSA) is 116 Å². The number of carbonyl (C=O) groups is 1. The summed E-state index contributed by atoms with van der Waals surface area (Å²) in [7, 11) is 1.59. The minimum Gasteiger partial charge on any atom is -0.496 e. The fraction of sp³-hybridized carbons (Fsp3) is 0.214. The van der Waals surface area contributed by atoms with E-state index < -0.39 is 0 Å². The van der Waals surface area contributed by atoms with E-state index in [1.54, 1.807) is 7.11 Å². The number of aromatic nitrogens is 2. The summed E-state index contributed by atoms with van der Waals surface area (Å²) in [6.07, 6.45) is 0.255. The normalized spacial score (nSPS) is 17.0. The Balaban J connectivity index is 2.19. The van der Waals surface area contributed by atoms with E-state index in [0.717, 1.165) is 5.56 Å². The average Bonchev–Trinajstić information content (AvgIpc) is 2.45. The van der Waals surface area contributed by atoms with Crippen LogP contribution in [-0.4, -0.2) is 23.0 Å². The highest BCUT2D eigenvalue weighted by Gasteiger charge is 2.32. The third kappa shape index (κ3) is 2.22. The summed E-state index contributed by atoms with van der Waals surface area (Å²) >= 11 is 0. The van der Waals surface area contributed by atoms with E-state index in [1.807, 2.05) is 24.3 Å². The standard InChI is InChI=1S/C14H15N5O2/c1-21-9-5-3-2-4-7(9)8-6-10(20)17-13-11(8)12(15)18-14(16)19-13/h2-5,8H,6H2,1H3,(H5,15,16,17,18,19,20). The molecular formula is C14H15N5O2. The number of nitrogens with zero attached hydrogens (tertiary/aromatic N) is 2. The minimum absolute atomic E-state index is 0.0345. The molecule has 0 radical (unpaired) electrons. The summed E-state index contributed by atoms with van der Waals surface area (Å²) in [5, 5.41) is 2.69. The number of fused-ring (bicyclic) bond motifs is 1. The van der Waals surface area contributed by atoms with Crippen LogP contribution >= 0.6 is 0 Å². The third-order valence-electron chi connectivity index (χ3n) is 3.50. The summed E-state index contributed by atoms with van der Waals surface area (Å²) in [5.41, 5.74) is 13.1. The fourth-order valence-electron chi connectivity index (χ4n) is 2.63. The van der Waals surface area contributed by atoms with Gasteiger partial charge in [0.15, 0.2) is 0 Å². The molecule has 7 heteroatoms. The Hall–Kier alpha value is -2.83. The van der Waals surface area contributed by atoms with Crippen molar-refractivity contribution in [2.45, 2.75) is 12.3 Å². The molecule has 0 spiro atoms. The molecule has 1 amide bonds. The van der Waals surface area contributed by atoms with Crippen molar-refractivity contribution >= 4 is 23.5 Å². The van der Waals surface area contributed by atoms with Crippen molar-refractivity contribution in [3.63, 3.8) is 0 Å². The molecular weight excluding hydrogens is 270 g/mol. The molecule has 0 saturated heterocycles. The number of hydrogen-bond acceptors (Lipinski definition) is 6. The lowest BCUT2D eigenvalue weighted by Crippen LogP contribution is -2.26. The number of hydrogen-bond donors (Lipinski definition) is 3. The van der Waals surface area contributed by atoms with E-state index in [4.69, 9.17) is 16.2 Å². The summed E-state index contributed by atoms with van der Waals surface area (Å²) in [6.45, 7) is 0. The lowest BCUT2D eigenvalue weighted by molar-refractivity contribution is -0.116. The van der Waals surface area contributed by atoms with Crippen molar-refractivity contribution < 1.29 is 9.53 Å². The van der Waals surface area contributed by atoms with Crippen molar-refractivity contribution in [1.29, 1.82) is 0 Å². The Morgan fingerprint density at radius 3 is 2.81 bits per heavy atom. The Morgan fingerprint density at radius 1 is 1.29 bits per heavy atom. The van der Waals surface area contributed by atoms with Gasteiger partial charge in [-0.25, -0.2) is 0 Å². The van der Waals surface area contributed by atoms with Crippen LogP contribution < -0.4 is 21.5 Å². The van der Waals surface area contributed by atoms with E-state index >= 15 is 0 Å². The van der Waals surface area contributed by atoms with Gasteiger partial charge in [0.2, 0.25) is 11.9 Å². The molecule has 0 bridgehead atoms. The van der Waals surface area contributed by atoms with Crippen LogP contribution in [0.4, 0.5) is 17.6 Å². The van der Waals surface area contributed by atoms with Crippen molar-refractivity contribution in [1.82, 2.24) is 9.97 Å². The van der Waals surface area contributed by atoms with Gasteiger partial charge in [0.1, 0.15) is 17.4 Å². The number of benzene rings is 1. The SMILES string of the molecule is COc1ccccc1C1CC(=O)Nc2nc(N)nc(N)c21. The molecule has 2 heterocycles. The molecule has 7 nitrogen and oxygen atoms in total. The van der Waals surface area contributed by atoms with E-state index in [2.05, 4.69) is 15.3 Å². The Kier molecular flexibility index (Phi) is 3.09. The number of nitrogen functional groups attached to an aromatic ring is 2. The molecule has 1 aliphatic heterocycles. The number of ether oxygens (including phenoxy) is 1. The van der Waals surface area contributed by atoms with Crippen LogP contribution in [0.2, 0.25) is 0 Å². The third-order valence-corrected chi connectivity index (χ3v) is 3.50. The summed E-state index contributed by atoms with van der Waals surface area (Å²) in [5.74, 6) is 0.966. The van der Waals surface area contributed by atoms with Gasteiger partial charge >= 0.3 is 0 Å². The summed E-state index contributed by atoms with van der Waals surface area (Å²) < 4.78 is 5.37. The molecule has 2 aromatic rings. The lowest BCUT2D eigenvalue weighted by atomic mass is 9.86. The van der Waals surface area contributed by atoms with Gasteiger partial charge < -0.3 is 21.5 Å². The van der Waals surface area contributed by atoms with Gasteiger partial charge in [0.25, 0.3) is 0 Å². The molecule has 1 aromatic heterocycles. The van der Waals surface area contributed by atoms with Gasteiger partial charge in [0.05, 0.1) is 7.11 Å². The molecule has 1 unspecified atom stereocenters. The number of amides is 1. The first-order valence-corrected chi connectivity index (χ1v) is 6.45. The smallest absolute Gasteiger partial charge is 0.226 e.